The topological polar surface area (TPSA) is 238 Å². The van der Waals surface area contributed by atoms with Crippen LogP contribution in [0.3, 0.4) is 0 Å². The number of anilines is 4. The summed E-state index contributed by atoms with van der Waals surface area (Å²) in [5, 5.41) is 43.3. The number of aromatic nitrogens is 4. The van der Waals surface area contributed by atoms with Gasteiger partial charge in [-0.1, -0.05) is 92.9 Å². The van der Waals surface area contributed by atoms with E-state index in [1.807, 2.05) is 97.9 Å². The number of piperidine rings is 1. The Morgan fingerprint density at radius 2 is 1.08 bits per heavy atom. The lowest BCUT2D eigenvalue weighted by Gasteiger charge is -2.28. The van der Waals surface area contributed by atoms with Crippen molar-refractivity contribution in [1.29, 1.82) is 0 Å². The minimum Gasteiger partial charge on any atom is -0.397 e. The zero-order valence-electron chi connectivity index (χ0n) is 39.0. The Morgan fingerprint density at radius 1 is 0.606 bits per heavy atom. The van der Waals surface area contributed by atoms with E-state index >= 15 is 0 Å². The second-order valence-corrected chi connectivity index (χ2v) is 17.0. The number of nitrogens with two attached hydrogens (primary N) is 1. The van der Waals surface area contributed by atoms with Gasteiger partial charge in [-0.15, -0.1) is 0 Å². The van der Waals surface area contributed by atoms with Crippen LogP contribution in [-0.2, 0) is 0 Å². The van der Waals surface area contributed by atoms with E-state index in [2.05, 4.69) is 42.4 Å². The average Bonchev–Trinajstić information content (AvgIpc) is 3.37. The summed E-state index contributed by atoms with van der Waals surface area (Å²) in [5.41, 5.74) is 18.1. The van der Waals surface area contributed by atoms with Crippen molar-refractivity contribution in [3.05, 3.63) is 192 Å². The van der Waals surface area contributed by atoms with Crippen molar-refractivity contribution in [3.63, 3.8) is 0 Å². The molecule has 0 aliphatic carbocycles. The van der Waals surface area contributed by atoms with Crippen LogP contribution >= 0.6 is 0 Å². The highest BCUT2D eigenvalue weighted by Crippen LogP contribution is 2.36. The van der Waals surface area contributed by atoms with Gasteiger partial charge in [0.25, 0.3) is 22.5 Å². The average molecular weight is 955 g/mol. The van der Waals surface area contributed by atoms with Gasteiger partial charge >= 0.3 is 0 Å². The molecule has 0 unspecified atom stereocenters. The molecule has 10 rings (SSSR count). The molecule has 18 nitrogen and oxygen atoms in total. The summed E-state index contributed by atoms with van der Waals surface area (Å²) in [4.78, 5) is 51.9. The number of hydrogen-bond acceptors (Lipinski definition) is 14. The molecule has 0 radical (unpaired) electrons. The number of H-pyrrole nitrogens is 2. The molecule has 0 spiro atoms. The van der Waals surface area contributed by atoms with Gasteiger partial charge in [-0.3, -0.25) is 35.2 Å². The van der Waals surface area contributed by atoms with Crippen LogP contribution in [0.2, 0.25) is 0 Å². The third kappa shape index (κ3) is 10.5. The van der Waals surface area contributed by atoms with E-state index in [-0.39, 0.29) is 39.8 Å². The van der Waals surface area contributed by atoms with Crippen molar-refractivity contribution in [2.24, 2.45) is 5.10 Å². The van der Waals surface area contributed by atoms with Crippen molar-refractivity contribution < 1.29 is 9.85 Å². The van der Waals surface area contributed by atoms with Gasteiger partial charge in [-0.25, -0.2) is 10.2 Å². The fourth-order valence-electron chi connectivity index (χ4n) is 8.61. The summed E-state index contributed by atoms with van der Waals surface area (Å²) < 4.78 is 0. The Bertz CT molecular complexity index is 3470. The van der Waals surface area contributed by atoms with Crippen LogP contribution in [0.5, 0.6) is 0 Å². The Balaban J connectivity index is 0.000000156. The van der Waals surface area contributed by atoms with Crippen molar-refractivity contribution in [2.45, 2.75) is 26.7 Å². The van der Waals surface area contributed by atoms with Gasteiger partial charge in [0, 0.05) is 92.0 Å². The first-order valence-corrected chi connectivity index (χ1v) is 22.4. The zero-order chi connectivity index (χ0) is 49.6. The van der Waals surface area contributed by atoms with E-state index in [0.717, 1.165) is 65.8 Å². The maximum atomic E-state index is 12.0. The van der Waals surface area contributed by atoms with E-state index < -0.39 is 0 Å². The first-order chi connectivity index (χ1) is 33.7. The summed E-state index contributed by atoms with van der Waals surface area (Å²) in [7, 11) is 7.44. The van der Waals surface area contributed by atoms with Gasteiger partial charge in [-0.05, 0) is 55.7 Å². The van der Waals surface area contributed by atoms with Gasteiger partial charge in [0.15, 0.2) is 0 Å². The molecule has 0 amide bonds. The second-order valence-electron chi connectivity index (χ2n) is 17.0. The highest BCUT2D eigenvalue weighted by Gasteiger charge is 2.25. The molecule has 4 heterocycles. The maximum Gasteiger partial charge on any atom is 0.293 e. The predicted molar refractivity (Wildman–Crippen MR) is 285 cm³/mol. The number of fused-ring (bicyclic) bond motifs is 3. The predicted octanol–water partition coefficient (Wildman–Crippen LogP) is 9.35. The molecule has 1 fully saturated rings. The summed E-state index contributed by atoms with van der Waals surface area (Å²) in [6, 6.07) is 38.4. The molecule has 1 saturated heterocycles. The van der Waals surface area contributed by atoms with E-state index in [4.69, 9.17) is 5.73 Å². The largest absolute Gasteiger partial charge is 0.397 e. The van der Waals surface area contributed by atoms with Crippen molar-refractivity contribution >= 4 is 67.1 Å². The van der Waals surface area contributed by atoms with E-state index in [9.17, 15) is 29.8 Å². The molecule has 6 aromatic carbocycles. The lowest BCUT2D eigenvalue weighted by atomic mass is 9.94. The number of aromatic amines is 2. The molecule has 362 valence electrons. The van der Waals surface area contributed by atoms with Crippen molar-refractivity contribution in [3.8, 4) is 22.5 Å². The van der Waals surface area contributed by atoms with Gasteiger partial charge in [0.2, 0.25) is 0 Å². The zero-order valence-corrected chi connectivity index (χ0v) is 39.0. The number of benzene rings is 6. The van der Waals surface area contributed by atoms with E-state index in [1.54, 1.807) is 67.5 Å². The molecule has 0 atom stereocenters. The SMILES string of the molecule is C.C=C1NN=C(c2ccc(N(C)C)c([N+](=O)[O-])c2)c2ccccc21.CN(C)c1ccc(-c2n[nH]c(=O)c3ccccc23)cc1N.O=c1[nH]nc(-c2ccc(N3CCCCC3)c([N+](=O)[O-])c2)c2ccccc12. The van der Waals surface area contributed by atoms with Gasteiger partial charge in [0.1, 0.15) is 11.4 Å². The lowest BCUT2D eigenvalue weighted by Crippen LogP contribution is -2.29. The Morgan fingerprint density at radius 3 is 1.63 bits per heavy atom. The minimum atomic E-state index is -0.375. The van der Waals surface area contributed by atoms with Crippen molar-refractivity contribution in [2.75, 3.05) is 61.7 Å². The third-order valence-electron chi connectivity index (χ3n) is 12.1. The van der Waals surface area contributed by atoms with Crippen LogP contribution in [0.25, 0.3) is 49.8 Å². The van der Waals surface area contributed by atoms with Crippen LogP contribution in [0.1, 0.15) is 43.4 Å². The smallest absolute Gasteiger partial charge is 0.293 e. The fourth-order valence-corrected chi connectivity index (χ4v) is 8.61. The molecular formula is C53H54N12O6. The standard InChI is InChI=1S/C19H18N4O3.C17H16N4O2.C16H16N4O.CH4/c24-19-15-7-3-2-6-14(15)18(20-21-19)13-8-9-16(17(12-13)23(25)26)22-10-4-1-5-11-22;1-11-13-6-4-5-7-14(13)17(19-18-11)12-8-9-15(20(2)3)16(10-12)21(22)23;1-20(2)14-8-7-10(9-13(14)17)15-11-5-3-4-6-12(11)16(21)19-18-15;/h2-3,6-9,12H,1,4-5,10-11H2,(H,21,24);4-10,18H,1H2,2-3H3;3-9H,17H2,1-2H3,(H,19,21);1H4. The van der Waals surface area contributed by atoms with Gasteiger partial charge in [0.05, 0.1) is 54.8 Å². The molecule has 18 heteroatoms. The van der Waals surface area contributed by atoms with E-state index in [1.165, 1.54) is 0 Å². The first kappa shape index (κ1) is 49.7. The molecule has 71 heavy (non-hydrogen) atoms. The normalized spacial score (nSPS) is 12.7. The second kappa shape index (κ2) is 21.4. The molecule has 2 aliphatic rings. The molecular weight excluding hydrogens is 901 g/mol. The lowest BCUT2D eigenvalue weighted by molar-refractivity contribution is -0.384. The molecule has 8 aromatic rings. The van der Waals surface area contributed by atoms with Gasteiger partial charge in [-0.2, -0.15) is 15.3 Å². The molecule has 0 saturated carbocycles. The summed E-state index contributed by atoms with van der Waals surface area (Å²) in [6.07, 6.45) is 3.26. The maximum absolute atomic E-state index is 12.0. The number of nitro groups is 2. The Hall–Kier alpha value is -9.19. The quantitative estimate of drug-likeness (QED) is 0.0632. The van der Waals surface area contributed by atoms with Crippen molar-refractivity contribution in [1.82, 2.24) is 25.8 Å². The van der Waals surface area contributed by atoms with Crippen LogP contribution in [0.4, 0.5) is 34.1 Å². The molecule has 5 N–H and O–H groups in total. The van der Waals surface area contributed by atoms with Crippen LogP contribution in [0.15, 0.2) is 149 Å². The van der Waals surface area contributed by atoms with Crippen LogP contribution in [-0.4, -0.2) is 77.2 Å². The Labute approximate surface area is 409 Å². The number of rotatable bonds is 8. The summed E-state index contributed by atoms with van der Waals surface area (Å²) in [5.74, 6) is 0. The van der Waals surface area contributed by atoms with E-state index in [0.29, 0.717) is 61.5 Å². The van der Waals surface area contributed by atoms with Crippen LogP contribution in [0, 0.1) is 20.2 Å². The first-order valence-electron chi connectivity index (χ1n) is 22.4. The molecule has 2 aromatic heterocycles. The molecule has 0 bridgehead atoms. The minimum absolute atomic E-state index is 0. The number of nitrogen functional groups attached to an aromatic ring is 1. The third-order valence-corrected chi connectivity index (χ3v) is 12.1. The fraction of sp³-hybridized carbons (Fsp3) is 0.189. The highest BCUT2D eigenvalue weighted by atomic mass is 16.6. The monoisotopic (exact) mass is 954 g/mol. The Kier molecular flexibility index (Phi) is 15.0. The number of hydrogen-bond donors (Lipinski definition) is 4. The van der Waals surface area contributed by atoms with Crippen LogP contribution < -0.4 is 37.0 Å². The highest BCUT2D eigenvalue weighted by molar-refractivity contribution is 6.16. The summed E-state index contributed by atoms with van der Waals surface area (Å²) in [6.45, 7) is 5.60. The summed E-state index contributed by atoms with van der Waals surface area (Å²) >= 11 is 0. The number of nitrogens with one attached hydrogen (secondary N) is 3. The molecule has 2 aliphatic heterocycles. The number of hydrazone groups is 1. The number of nitro benzene ring substituents is 2. The number of nitrogens with zero attached hydrogens (tertiary/aromatic N) is 8. The van der Waals surface area contributed by atoms with Gasteiger partial charge < -0.3 is 20.4 Å².